The molecule has 0 spiro atoms. The van der Waals surface area contributed by atoms with Gasteiger partial charge in [0.1, 0.15) is 19.3 Å². The van der Waals surface area contributed by atoms with E-state index >= 15 is 0 Å². The van der Waals surface area contributed by atoms with Gasteiger partial charge in [-0.2, -0.15) is 0 Å². The maximum absolute atomic E-state index is 13.1. The Morgan fingerprint density at radius 2 is 0.475 bits per heavy atom. The Bertz CT molecular complexity index is 1930. The second-order valence-corrected chi connectivity index (χ2v) is 32.7. The minimum absolute atomic E-state index is 0.107. The molecule has 0 fully saturated rings. The summed E-state index contributed by atoms with van der Waals surface area (Å²) < 4.78 is 68.8. The summed E-state index contributed by atoms with van der Waals surface area (Å²) in [6.07, 6.45) is 66.4. The van der Waals surface area contributed by atoms with Crippen LogP contribution in [0.15, 0.2) is 0 Å². The largest absolute Gasteiger partial charge is 0.472 e. The topological polar surface area (TPSA) is 237 Å². The molecule has 0 aromatic carbocycles. The molecule has 0 heterocycles. The van der Waals surface area contributed by atoms with Gasteiger partial charge in [-0.3, -0.25) is 37.3 Å². The molecule has 0 bridgehead atoms. The number of carbonyl (C=O) groups is 4. The lowest BCUT2D eigenvalue weighted by Gasteiger charge is -2.21. The summed E-state index contributed by atoms with van der Waals surface area (Å²) in [6, 6.07) is 0. The maximum Gasteiger partial charge on any atom is 0.472 e. The molecule has 6 atom stereocenters. The van der Waals surface area contributed by atoms with Crippen LogP contribution in [-0.2, 0) is 65.4 Å². The molecule has 0 rings (SSSR count). The van der Waals surface area contributed by atoms with E-state index in [1.807, 2.05) is 0 Å². The van der Waals surface area contributed by atoms with Crippen molar-refractivity contribution in [1.29, 1.82) is 0 Å². The molecule has 0 aromatic rings. The molecule has 101 heavy (non-hydrogen) atoms. The van der Waals surface area contributed by atoms with Crippen molar-refractivity contribution < 1.29 is 80.2 Å². The fourth-order valence-corrected chi connectivity index (χ4v) is 14.3. The first-order valence-corrected chi connectivity index (χ1v) is 45.7. The minimum atomic E-state index is -4.96. The van der Waals surface area contributed by atoms with E-state index in [1.165, 1.54) is 263 Å². The third kappa shape index (κ3) is 74.7. The highest BCUT2D eigenvalue weighted by Gasteiger charge is 2.30. The molecule has 0 amide bonds. The first-order valence-electron chi connectivity index (χ1n) is 42.7. The summed E-state index contributed by atoms with van der Waals surface area (Å²) in [5.41, 5.74) is 0. The summed E-state index contributed by atoms with van der Waals surface area (Å²) in [6.45, 7) is 7.37. The lowest BCUT2D eigenvalue weighted by molar-refractivity contribution is -0.161. The van der Waals surface area contributed by atoms with Gasteiger partial charge < -0.3 is 33.8 Å². The van der Waals surface area contributed by atoms with E-state index in [1.54, 1.807) is 0 Å². The molecular weight excluding hydrogens is 1320 g/mol. The molecule has 600 valence electrons. The average Bonchev–Trinajstić information content (AvgIpc) is 0.974. The highest BCUT2D eigenvalue weighted by atomic mass is 31.2. The van der Waals surface area contributed by atoms with E-state index in [0.29, 0.717) is 25.7 Å². The van der Waals surface area contributed by atoms with Crippen LogP contribution in [0.1, 0.15) is 439 Å². The van der Waals surface area contributed by atoms with Crippen molar-refractivity contribution in [2.75, 3.05) is 39.6 Å². The number of aliphatic hydroxyl groups is 1. The SMILES string of the molecule is CCCCCCCCCCCCCCCCCCCC(=O)OC[C@H](COP(=O)(O)OC[C@@H](O)COP(=O)(O)OC[C@@H](COC(=O)CCCCCCCCCCCCCCC)OC(=O)CCCCCCCCCCCCC(C)CC)OC(=O)CCCCCCCCCCCCCCCCCCC. The van der Waals surface area contributed by atoms with Gasteiger partial charge in [-0.1, -0.05) is 388 Å². The normalized spacial score (nSPS) is 14.1. The third-order valence-corrected chi connectivity index (χ3v) is 21.5. The number of phosphoric acid groups is 2. The Hall–Kier alpha value is -1.94. The molecule has 17 nitrogen and oxygen atoms in total. The van der Waals surface area contributed by atoms with Crippen LogP contribution in [0.25, 0.3) is 0 Å². The summed E-state index contributed by atoms with van der Waals surface area (Å²) in [4.78, 5) is 73.1. The van der Waals surface area contributed by atoms with Crippen LogP contribution < -0.4 is 0 Å². The van der Waals surface area contributed by atoms with Crippen LogP contribution in [0.3, 0.4) is 0 Å². The number of rotatable bonds is 82. The van der Waals surface area contributed by atoms with Crippen molar-refractivity contribution in [2.45, 2.75) is 457 Å². The number of phosphoric ester groups is 2. The molecular formula is C82H160O17P2. The number of ether oxygens (including phenoxy) is 4. The Balaban J connectivity index is 5.27. The molecule has 0 aliphatic carbocycles. The molecule has 3 N–H and O–H groups in total. The zero-order chi connectivity index (χ0) is 74.1. The summed E-state index contributed by atoms with van der Waals surface area (Å²) >= 11 is 0. The van der Waals surface area contributed by atoms with Crippen molar-refractivity contribution in [3.63, 3.8) is 0 Å². The highest BCUT2D eigenvalue weighted by Crippen LogP contribution is 2.45. The van der Waals surface area contributed by atoms with E-state index in [4.69, 9.17) is 37.0 Å². The molecule has 0 saturated heterocycles. The molecule has 0 aliphatic heterocycles. The van der Waals surface area contributed by atoms with Gasteiger partial charge in [0.15, 0.2) is 12.2 Å². The quantitative estimate of drug-likeness (QED) is 0.0222. The number of esters is 4. The van der Waals surface area contributed by atoms with Gasteiger partial charge in [-0.15, -0.1) is 0 Å². The first kappa shape index (κ1) is 99.1. The van der Waals surface area contributed by atoms with Crippen molar-refractivity contribution in [1.82, 2.24) is 0 Å². The van der Waals surface area contributed by atoms with Crippen molar-refractivity contribution in [3.8, 4) is 0 Å². The Labute approximate surface area is 619 Å². The summed E-state index contributed by atoms with van der Waals surface area (Å²) in [5.74, 6) is -1.30. The number of hydrogen-bond acceptors (Lipinski definition) is 15. The second-order valence-electron chi connectivity index (χ2n) is 29.8. The number of aliphatic hydroxyl groups excluding tert-OH is 1. The van der Waals surface area contributed by atoms with Crippen LogP contribution in [0, 0.1) is 5.92 Å². The molecule has 0 aliphatic rings. The predicted octanol–water partition coefficient (Wildman–Crippen LogP) is 24.8. The minimum Gasteiger partial charge on any atom is -0.462 e. The average molecular weight is 1480 g/mol. The molecule has 0 aromatic heterocycles. The molecule has 3 unspecified atom stereocenters. The van der Waals surface area contributed by atoms with E-state index in [9.17, 15) is 43.2 Å². The van der Waals surface area contributed by atoms with E-state index in [-0.39, 0.29) is 25.7 Å². The zero-order valence-corrected chi connectivity index (χ0v) is 67.8. The first-order chi connectivity index (χ1) is 49.1. The third-order valence-electron chi connectivity index (χ3n) is 19.6. The fourth-order valence-electron chi connectivity index (χ4n) is 12.7. The predicted molar refractivity (Wildman–Crippen MR) is 414 cm³/mol. The number of carbonyl (C=O) groups excluding carboxylic acids is 4. The van der Waals surface area contributed by atoms with Crippen LogP contribution in [0.2, 0.25) is 0 Å². The smallest absolute Gasteiger partial charge is 0.462 e. The molecule has 0 saturated carbocycles. The van der Waals surface area contributed by atoms with Gasteiger partial charge >= 0.3 is 39.5 Å². The lowest BCUT2D eigenvalue weighted by atomic mass is 9.99. The lowest BCUT2D eigenvalue weighted by Crippen LogP contribution is -2.30. The fraction of sp³-hybridized carbons (Fsp3) is 0.951. The molecule has 19 heteroatoms. The van der Waals surface area contributed by atoms with Gasteiger partial charge in [0.2, 0.25) is 0 Å². The standard InChI is InChI=1S/C82H160O17P2/c1-6-10-13-16-19-22-25-28-30-32-34-37-40-46-51-56-61-66-80(85)93-71-77(98-81(86)67-62-57-52-47-41-38-35-33-31-29-26-23-20-17-14-11-7-2)73-96-100(88,89)94-69-76(83)70-95-101(90,91)97-74-78(72-92-79(84)65-60-55-50-45-39-36-27-24-21-18-15-12-8-3)99-82(87)68-63-58-53-48-43-42-44-49-54-59-64-75(5)9-4/h75-78,83H,6-74H2,1-5H3,(H,88,89)(H,90,91)/t75?,76-,77-,78-/m1/s1. The monoisotopic (exact) mass is 1480 g/mol. The van der Waals surface area contributed by atoms with Crippen molar-refractivity contribution >= 4 is 39.5 Å². The van der Waals surface area contributed by atoms with Crippen LogP contribution in [0.4, 0.5) is 0 Å². The summed E-state index contributed by atoms with van der Waals surface area (Å²) in [5, 5.41) is 10.7. The highest BCUT2D eigenvalue weighted by molar-refractivity contribution is 7.47. The van der Waals surface area contributed by atoms with E-state index in [2.05, 4.69) is 34.6 Å². The van der Waals surface area contributed by atoms with Gasteiger partial charge in [-0.25, -0.2) is 9.13 Å². The van der Waals surface area contributed by atoms with Gasteiger partial charge in [0.25, 0.3) is 0 Å². The van der Waals surface area contributed by atoms with Crippen LogP contribution >= 0.6 is 15.6 Å². The van der Waals surface area contributed by atoms with E-state index < -0.39 is 97.5 Å². The second kappa shape index (κ2) is 74.9. The number of hydrogen-bond donors (Lipinski definition) is 3. The molecule has 0 radical (unpaired) electrons. The Morgan fingerprint density at radius 1 is 0.277 bits per heavy atom. The maximum atomic E-state index is 13.1. The van der Waals surface area contributed by atoms with Crippen LogP contribution in [0.5, 0.6) is 0 Å². The van der Waals surface area contributed by atoms with Crippen LogP contribution in [-0.4, -0.2) is 96.7 Å². The zero-order valence-electron chi connectivity index (χ0n) is 66.1. The van der Waals surface area contributed by atoms with Crippen molar-refractivity contribution in [2.24, 2.45) is 5.92 Å². The van der Waals surface area contributed by atoms with Crippen molar-refractivity contribution in [3.05, 3.63) is 0 Å². The number of unbranched alkanes of at least 4 members (excludes halogenated alkanes) is 53. The Morgan fingerprint density at radius 3 is 0.703 bits per heavy atom. The van der Waals surface area contributed by atoms with E-state index in [0.717, 1.165) is 95.8 Å². The van der Waals surface area contributed by atoms with Gasteiger partial charge in [0.05, 0.1) is 26.4 Å². The van der Waals surface area contributed by atoms with Gasteiger partial charge in [0, 0.05) is 25.7 Å². The Kier molecular flexibility index (Phi) is 73.5. The van der Waals surface area contributed by atoms with Gasteiger partial charge in [-0.05, 0) is 31.6 Å². The summed E-state index contributed by atoms with van der Waals surface area (Å²) in [7, 11) is -9.92.